The standard InChI is InChI=1S/C13H11ClN6O/c1-21-9-6-16-5-8-11(9)13(20-15)19-12(18-8)7-2-3-17-10(14)4-7/h2-6H,15H2,1H3,(H,18,19,20). The van der Waals surface area contributed by atoms with Gasteiger partial charge in [0.05, 0.1) is 30.4 Å². The van der Waals surface area contributed by atoms with E-state index in [9.17, 15) is 0 Å². The van der Waals surface area contributed by atoms with E-state index in [0.717, 1.165) is 5.56 Å². The number of nitrogen functional groups attached to an aromatic ring is 1. The van der Waals surface area contributed by atoms with Gasteiger partial charge in [-0.1, -0.05) is 11.6 Å². The first-order valence-electron chi connectivity index (χ1n) is 6.01. The second kappa shape index (κ2) is 5.47. The van der Waals surface area contributed by atoms with Crippen LogP contribution >= 0.6 is 11.6 Å². The van der Waals surface area contributed by atoms with Crippen LogP contribution in [0.1, 0.15) is 0 Å². The molecule has 0 amide bonds. The number of hydrazine groups is 1. The average Bonchev–Trinajstić information content (AvgIpc) is 2.53. The number of hydrogen-bond acceptors (Lipinski definition) is 7. The Bertz CT molecular complexity index is 810. The van der Waals surface area contributed by atoms with Crippen molar-refractivity contribution in [1.29, 1.82) is 0 Å². The third-order valence-electron chi connectivity index (χ3n) is 2.91. The fraction of sp³-hybridized carbons (Fsp3) is 0.0769. The van der Waals surface area contributed by atoms with Crippen LogP contribution in [-0.4, -0.2) is 27.0 Å². The maximum absolute atomic E-state index is 5.89. The highest BCUT2D eigenvalue weighted by Gasteiger charge is 2.13. The smallest absolute Gasteiger partial charge is 0.162 e. The van der Waals surface area contributed by atoms with Gasteiger partial charge in [0.2, 0.25) is 0 Å². The Labute approximate surface area is 125 Å². The number of halogens is 1. The summed E-state index contributed by atoms with van der Waals surface area (Å²) in [7, 11) is 1.55. The van der Waals surface area contributed by atoms with Crippen LogP contribution < -0.4 is 16.0 Å². The largest absolute Gasteiger partial charge is 0.494 e. The molecule has 3 aromatic heterocycles. The Morgan fingerprint density at radius 3 is 2.86 bits per heavy atom. The topological polar surface area (TPSA) is 98.8 Å². The van der Waals surface area contributed by atoms with E-state index in [1.54, 1.807) is 37.8 Å². The number of rotatable bonds is 3. The summed E-state index contributed by atoms with van der Waals surface area (Å²) in [4.78, 5) is 16.9. The molecule has 0 bridgehead atoms. The first-order chi connectivity index (χ1) is 10.2. The summed E-state index contributed by atoms with van der Waals surface area (Å²) >= 11 is 5.89. The highest BCUT2D eigenvalue weighted by atomic mass is 35.5. The fourth-order valence-corrected chi connectivity index (χ4v) is 2.16. The van der Waals surface area contributed by atoms with E-state index in [-0.39, 0.29) is 0 Å². The van der Waals surface area contributed by atoms with Gasteiger partial charge in [0, 0.05) is 11.8 Å². The van der Waals surface area contributed by atoms with Crippen molar-refractivity contribution in [2.45, 2.75) is 0 Å². The zero-order valence-electron chi connectivity index (χ0n) is 11.0. The van der Waals surface area contributed by atoms with Crippen molar-refractivity contribution in [1.82, 2.24) is 19.9 Å². The molecule has 0 aliphatic rings. The maximum atomic E-state index is 5.89. The molecule has 0 aromatic carbocycles. The third-order valence-corrected chi connectivity index (χ3v) is 3.12. The van der Waals surface area contributed by atoms with Crippen LogP contribution in [0.4, 0.5) is 5.82 Å². The van der Waals surface area contributed by atoms with Crippen LogP contribution in [-0.2, 0) is 0 Å². The van der Waals surface area contributed by atoms with Gasteiger partial charge in [-0.2, -0.15) is 0 Å². The molecule has 0 aliphatic carbocycles. The Balaban J connectivity index is 2.27. The number of pyridine rings is 2. The molecule has 8 heteroatoms. The Morgan fingerprint density at radius 1 is 1.29 bits per heavy atom. The van der Waals surface area contributed by atoms with Crippen molar-refractivity contribution < 1.29 is 4.74 Å². The molecule has 0 aliphatic heterocycles. The van der Waals surface area contributed by atoms with Gasteiger partial charge in [-0.05, 0) is 12.1 Å². The quantitative estimate of drug-likeness (QED) is 0.434. The molecular formula is C13H11ClN6O. The fourth-order valence-electron chi connectivity index (χ4n) is 1.98. The molecule has 3 rings (SSSR count). The second-order valence-electron chi connectivity index (χ2n) is 4.14. The predicted molar refractivity (Wildman–Crippen MR) is 79.9 cm³/mol. The summed E-state index contributed by atoms with van der Waals surface area (Å²) in [5.74, 6) is 7.02. The van der Waals surface area contributed by atoms with Crippen LogP contribution in [0, 0.1) is 0 Å². The molecule has 0 saturated carbocycles. The summed E-state index contributed by atoms with van der Waals surface area (Å²) in [5, 5.41) is 1.03. The minimum atomic E-state index is 0.363. The predicted octanol–water partition coefficient (Wildman–Crippen LogP) is 2.03. The molecule has 21 heavy (non-hydrogen) atoms. The molecular weight excluding hydrogens is 292 g/mol. The number of hydrogen-bond donors (Lipinski definition) is 2. The van der Waals surface area contributed by atoms with Gasteiger partial charge in [-0.25, -0.2) is 20.8 Å². The molecule has 0 unspecified atom stereocenters. The molecule has 7 nitrogen and oxygen atoms in total. The Hall–Kier alpha value is -2.51. The van der Waals surface area contributed by atoms with Crippen molar-refractivity contribution in [2.24, 2.45) is 5.84 Å². The second-order valence-corrected chi connectivity index (χ2v) is 4.53. The van der Waals surface area contributed by atoms with E-state index in [4.69, 9.17) is 22.2 Å². The summed E-state index contributed by atoms with van der Waals surface area (Å²) in [6.07, 6.45) is 4.78. The Morgan fingerprint density at radius 2 is 2.14 bits per heavy atom. The first-order valence-corrected chi connectivity index (χ1v) is 6.39. The van der Waals surface area contributed by atoms with Crippen molar-refractivity contribution in [3.63, 3.8) is 0 Å². The maximum Gasteiger partial charge on any atom is 0.162 e. The van der Waals surface area contributed by atoms with Gasteiger partial charge in [0.1, 0.15) is 10.9 Å². The molecule has 106 valence electrons. The van der Waals surface area contributed by atoms with Crippen LogP contribution in [0.3, 0.4) is 0 Å². The zero-order valence-corrected chi connectivity index (χ0v) is 11.8. The Kier molecular flexibility index (Phi) is 3.51. The SMILES string of the molecule is COc1cncc2nc(-c3ccnc(Cl)c3)nc(NN)c12. The number of methoxy groups -OCH3 is 1. The monoisotopic (exact) mass is 302 g/mol. The molecule has 0 spiro atoms. The molecule has 0 atom stereocenters. The molecule has 3 aromatic rings. The lowest BCUT2D eigenvalue weighted by Gasteiger charge is -2.10. The summed E-state index contributed by atoms with van der Waals surface area (Å²) in [6.45, 7) is 0. The van der Waals surface area contributed by atoms with Gasteiger partial charge < -0.3 is 10.2 Å². The van der Waals surface area contributed by atoms with Crippen molar-refractivity contribution in [3.8, 4) is 17.1 Å². The molecule has 0 saturated heterocycles. The van der Waals surface area contributed by atoms with Crippen molar-refractivity contribution >= 4 is 28.3 Å². The van der Waals surface area contributed by atoms with E-state index in [1.165, 1.54) is 0 Å². The minimum absolute atomic E-state index is 0.363. The normalized spacial score (nSPS) is 10.6. The summed E-state index contributed by atoms with van der Waals surface area (Å²) in [5.41, 5.74) is 3.91. The van der Waals surface area contributed by atoms with Gasteiger partial charge >= 0.3 is 0 Å². The van der Waals surface area contributed by atoms with E-state index in [2.05, 4.69) is 25.4 Å². The summed E-state index contributed by atoms with van der Waals surface area (Å²) in [6, 6.07) is 3.44. The van der Waals surface area contributed by atoms with Crippen LogP contribution in [0.2, 0.25) is 5.15 Å². The lowest BCUT2D eigenvalue weighted by molar-refractivity contribution is 0.418. The van der Waals surface area contributed by atoms with Crippen LogP contribution in [0.5, 0.6) is 5.75 Å². The number of aromatic nitrogens is 4. The molecule has 0 radical (unpaired) electrons. The van der Waals surface area contributed by atoms with Crippen LogP contribution in [0.15, 0.2) is 30.7 Å². The molecule has 3 N–H and O–H groups in total. The first kappa shape index (κ1) is 13.5. The number of anilines is 1. The highest BCUT2D eigenvalue weighted by molar-refractivity contribution is 6.29. The molecule has 3 heterocycles. The zero-order chi connectivity index (χ0) is 14.8. The lowest BCUT2D eigenvalue weighted by Crippen LogP contribution is -2.11. The van der Waals surface area contributed by atoms with E-state index in [0.29, 0.717) is 33.4 Å². The number of nitrogens with two attached hydrogens (primary N) is 1. The van der Waals surface area contributed by atoms with Crippen molar-refractivity contribution in [2.75, 3.05) is 12.5 Å². The molecule has 0 fully saturated rings. The third kappa shape index (κ3) is 2.44. The van der Waals surface area contributed by atoms with Crippen molar-refractivity contribution in [3.05, 3.63) is 35.9 Å². The van der Waals surface area contributed by atoms with Crippen LogP contribution in [0.25, 0.3) is 22.3 Å². The number of fused-ring (bicyclic) bond motifs is 1. The summed E-state index contributed by atoms with van der Waals surface area (Å²) < 4.78 is 5.27. The lowest BCUT2D eigenvalue weighted by atomic mass is 10.2. The van der Waals surface area contributed by atoms with Gasteiger partial charge in [0.25, 0.3) is 0 Å². The number of nitrogens with one attached hydrogen (secondary N) is 1. The highest BCUT2D eigenvalue weighted by Crippen LogP contribution is 2.31. The van der Waals surface area contributed by atoms with E-state index >= 15 is 0 Å². The van der Waals surface area contributed by atoms with Gasteiger partial charge in [-0.3, -0.25) is 4.98 Å². The number of nitrogens with zero attached hydrogens (tertiary/aromatic N) is 4. The van der Waals surface area contributed by atoms with Gasteiger partial charge in [0.15, 0.2) is 11.6 Å². The minimum Gasteiger partial charge on any atom is -0.494 e. The van der Waals surface area contributed by atoms with E-state index < -0.39 is 0 Å². The average molecular weight is 303 g/mol. The van der Waals surface area contributed by atoms with Gasteiger partial charge in [-0.15, -0.1) is 0 Å². The van der Waals surface area contributed by atoms with E-state index in [1.807, 2.05) is 0 Å². The number of ether oxygens (including phenoxy) is 1.